The van der Waals surface area contributed by atoms with Crippen LogP contribution in [0, 0.1) is 0 Å². The van der Waals surface area contributed by atoms with Gasteiger partial charge in [-0.3, -0.25) is 4.79 Å². The molecule has 6 rings (SSSR count). The molecule has 4 aromatic rings. The van der Waals surface area contributed by atoms with Crippen molar-refractivity contribution < 1.29 is 27.5 Å². The van der Waals surface area contributed by atoms with Crippen LogP contribution in [0.25, 0.3) is 0 Å². The first-order valence-corrected chi connectivity index (χ1v) is 16.9. The largest absolute Gasteiger partial charge is 0.438 e. The third-order valence-electron chi connectivity index (χ3n) is 9.04. The van der Waals surface area contributed by atoms with Gasteiger partial charge in [0.25, 0.3) is 5.91 Å². The van der Waals surface area contributed by atoms with Crippen LogP contribution in [-0.2, 0) is 6.18 Å². The number of rotatable bonds is 8. The van der Waals surface area contributed by atoms with Gasteiger partial charge in [0, 0.05) is 61.6 Å². The predicted molar refractivity (Wildman–Crippen MR) is 186 cm³/mol. The molecule has 2 aliphatic rings. The van der Waals surface area contributed by atoms with E-state index in [2.05, 4.69) is 37.6 Å². The molecule has 0 atom stereocenters. The summed E-state index contributed by atoms with van der Waals surface area (Å²) >= 11 is 5.99. The Morgan fingerprint density at radius 1 is 0.860 bits per heavy atom. The summed E-state index contributed by atoms with van der Waals surface area (Å²) in [7, 11) is 0. The molecule has 0 spiro atoms. The monoisotopic (exact) mass is 707 g/mol. The fourth-order valence-electron chi connectivity index (χ4n) is 6.22. The number of carbonyl (C=O) groups excluding carboxylic acids is 2. The highest BCUT2D eigenvalue weighted by Gasteiger charge is 2.33. The molecule has 0 radical (unpaired) electrons. The SMILES string of the molecule is CCN1CCN(c2ccc(C(=O)N3CCC(c4ccc(Oc5ccc(C(F)(F)F)nn5)cc4)CC3)cc2NC(=O)Nc2ccc(Cl)cc2)CC1. The molecule has 2 N–H and O–H groups in total. The van der Waals surface area contributed by atoms with E-state index < -0.39 is 17.9 Å². The average Bonchev–Trinajstić information content (AvgIpc) is 3.12. The molecule has 0 bridgehead atoms. The van der Waals surface area contributed by atoms with Crippen molar-refractivity contribution in [2.24, 2.45) is 0 Å². The van der Waals surface area contributed by atoms with E-state index in [1.807, 2.05) is 29.2 Å². The molecule has 2 aliphatic heterocycles. The Morgan fingerprint density at radius 2 is 1.56 bits per heavy atom. The predicted octanol–water partition coefficient (Wildman–Crippen LogP) is 7.75. The zero-order chi connectivity index (χ0) is 35.3. The fourth-order valence-corrected chi connectivity index (χ4v) is 6.35. The second kappa shape index (κ2) is 15.3. The van der Waals surface area contributed by atoms with Gasteiger partial charge in [0.15, 0.2) is 5.69 Å². The van der Waals surface area contributed by atoms with Crippen molar-refractivity contribution in [3.05, 3.63) is 101 Å². The highest BCUT2D eigenvalue weighted by atomic mass is 35.5. The van der Waals surface area contributed by atoms with Gasteiger partial charge < -0.3 is 30.1 Å². The zero-order valence-corrected chi connectivity index (χ0v) is 28.2. The summed E-state index contributed by atoms with van der Waals surface area (Å²) < 4.78 is 43.9. The van der Waals surface area contributed by atoms with Crippen LogP contribution in [0.5, 0.6) is 11.6 Å². The second-order valence-corrected chi connectivity index (χ2v) is 12.7. The minimum absolute atomic E-state index is 0.0368. The van der Waals surface area contributed by atoms with Crippen LogP contribution in [0.15, 0.2) is 78.9 Å². The van der Waals surface area contributed by atoms with Crippen LogP contribution < -0.4 is 20.3 Å². The van der Waals surface area contributed by atoms with Crippen LogP contribution in [0.2, 0.25) is 5.02 Å². The molecule has 0 saturated carbocycles. The van der Waals surface area contributed by atoms with E-state index in [0.29, 0.717) is 40.8 Å². The summed E-state index contributed by atoms with van der Waals surface area (Å²) in [6, 6.07) is 21.2. The molecule has 3 aromatic carbocycles. The van der Waals surface area contributed by atoms with E-state index in [0.717, 1.165) is 68.9 Å². The highest BCUT2D eigenvalue weighted by Crippen LogP contribution is 2.33. The molecule has 1 aromatic heterocycles. The number of ether oxygens (including phenoxy) is 1. The maximum Gasteiger partial charge on any atom is 0.435 e. The first-order valence-electron chi connectivity index (χ1n) is 16.5. The minimum Gasteiger partial charge on any atom is -0.438 e. The number of likely N-dealkylation sites (tertiary alicyclic amines) is 1. The molecular weight excluding hydrogens is 671 g/mol. The molecule has 3 heterocycles. The average molecular weight is 708 g/mol. The number of likely N-dealkylation sites (N-methyl/N-ethyl adjacent to an activating group) is 1. The Labute approximate surface area is 293 Å². The normalized spacial score (nSPS) is 15.9. The fraction of sp³-hybridized carbons (Fsp3) is 0.333. The van der Waals surface area contributed by atoms with E-state index in [-0.39, 0.29) is 17.7 Å². The lowest BCUT2D eigenvalue weighted by molar-refractivity contribution is -0.141. The quantitative estimate of drug-likeness (QED) is 0.193. The maximum absolute atomic E-state index is 13.7. The summed E-state index contributed by atoms with van der Waals surface area (Å²) in [5.41, 5.74) is 2.50. The molecule has 3 amide bonds. The Bertz CT molecular complexity index is 1780. The van der Waals surface area contributed by atoms with Crippen LogP contribution in [-0.4, -0.2) is 77.7 Å². The van der Waals surface area contributed by atoms with Crippen molar-refractivity contribution in [3.63, 3.8) is 0 Å². The van der Waals surface area contributed by atoms with E-state index in [1.54, 1.807) is 42.5 Å². The van der Waals surface area contributed by atoms with Crippen molar-refractivity contribution in [2.75, 3.05) is 61.3 Å². The van der Waals surface area contributed by atoms with Crippen molar-refractivity contribution >= 4 is 40.6 Å². The van der Waals surface area contributed by atoms with Gasteiger partial charge in [0.05, 0.1) is 11.4 Å². The smallest absolute Gasteiger partial charge is 0.435 e. The van der Waals surface area contributed by atoms with Crippen molar-refractivity contribution in [1.82, 2.24) is 20.0 Å². The molecule has 2 fully saturated rings. The minimum atomic E-state index is -4.57. The maximum atomic E-state index is 13.7. The number of alkyl halides is 3. The molecular formula is C36H37ClF3N7O3. The number of piperidine rings is 1. The van der Waals surface area contributed by atoms with Gasteiger partial charge in [-0.2, -0.15) is 13.2 Å². The van der Waals surface area contributed by atoms with E-state index >= 15 is 0 Å². The summed E-state index contributed by atoms with van der Waals surface area (Å²) in [6.07, 6.45) is -3.06. The third-order valence-corrected chi connectivity index (χ3v) is 9.29. The second-order valence-electron chi connectivity index (χ2n) is 12.2. The number of urea groups is 1. The number of anilines is 3. The number of hydrogen-bond donors (Lipinski definition) is 2. The summed E-state index contributed by atoms with van der Waals surface area (Å²) in [5, 5.41) is 13.1. The summed E-state index contributed by atoms with van der Waals surface area (Å²) in [4.78, 5) is 33.3. The molecule has 0 aliphatic carbocycles. The molecule has 262 valence electrons. The first kappa shape index (κ1) is 35.0. The van der Waals surface area contributed by atoms with Crippen molar-refractivity contribution in [2.45, 2.75) is 31.9 Å². The number of amides is 3. The molecule has 50 heavy (non-hydrogen) atoms. The third kappa shape index (κ3) is 8.64. The number of carbonyl (C=O) groups is 2. The van der Waals surface area contributed by atoms with Crippen LogP contribution in [0.1, 0.15) is 47.3 Å². The number of piperazine rings is 1. The van der Waals surface area contributed by atoms with Gasteiger partial charge in [-0.1, -0.05) is 30.7 Å². The summed E-state index contributed by atoms with van der Waals surface area (Å²) in [6.45, 7) is 7.67. The zero-order valence-electron chi connectivity index (χ0n) is 27.4. The molecule has 10 nitrogen and oxygen atoms in total. The van der Waals surface area contributed by atoms with Gasteiger partial charge in [-0.05, 0) is 91.5 Å². The number of benzene rings is 3. The number of aromatic nitrogens is 2. The Kier molecular flexibility index (Phi) is 10.7. The topological polar surface area (TPSA) is 103 Å². The van der Waals surface area contributed by atoms with E-state index in [4.69, 9.17) is 16.3 Å². The van der Waals surface area contributed by atoms with Crippen molar-refractivity contribution in [3.8, 4) is 11.6 Å². The van der Waals surface area contributed by atoms with Gasteiger partial charge in [-0.15, -0.1) is 10.2 Å². The highest BCUT2D eigenvalue weighted by molar-refractivity contribution is 6.30. The Hall–Kier alpha value is -4.88. The van der Waals surface area contributed by atoms with Gasteiger partial charge in [0.2, 0.25) is 5.88 Å². The van der Waals surface area contributed by atoms with Crippen molar-refractivity contribution in [1.29, 1.82) is 0 Å². The van der Waals surface area contributed by atoms with Gasteiger partial charge in [0.1, 0.15) is 5.75 Å². The molecule has 0 unspecified atom stereocenters. The first-order chi connectivity index (χ1) is 24.1. The van der Waals surface area contributed by atoms with Gasteiger partial charge in [-0.25, -0.2) is 4.79 Å². The number of nitrogens with zero attached hydrogens (tertiary/aromatic N) is 5. The van der Waals surface area contributed by atoms with Gasteiger partial charge >= 0.3 is 12.2 Å². The van der Waals surface area contributed by atoms with Crippen LogP contribution in [0.4, 0.5) is 35.0 Å². The standard InChI is InChI=1S/C36H37ClF3N7O3/c1-2-45-19-21-46(22-20-45)31-12-5-26(23-30(31)42-35(49)41-28-8-6-27(37)7-9-28)34(48)47-17-15-25(16-18-47)24-3-10-29(11-4-24)50-33-14-13-32(43-44-33)36(38,39)40/h3-14,23,25H,2,15-22H2,1H3,(H2,41,42,49). The lowest BCUT2D eigenvalue weighted by Crippen LogP contribution is -2.46. The van der Waals surface area contributed by atoms with E-state index in [1.165, 1.54) is 0 Å². The van der Waals surface area contributed by atoms with Crippen LogP contribution in [0.3, 0.4) is 0 Å². The number of hydrogen-bond acceptors (Lipinski definition) is 7. The summed E-state index contributed by atoms with van der Waals surface area (Å²) in [5.74, 6) is 0.507. The molecule has 14 heteroatoms. The lowest BCUT2D eigenvalue weighted by atomic mass is 9.89. The van der Waals surface area contributed by atoms with Crippen LogP contribution >= 0.6 is 11.6 Å². The molecule has 2 saturated heterocycles. The van der Waals surface area contributed by atoms with E-state index in [9.17, 15) is 22.8 Å². The Balaban J connectivity index is 1.09. The number of halogens is 4. The Morgan fingerprint density at radius 3 is 2.18 bits per heavy atom. The number of nitrogens with one attached hydrogen (secondary N) is 2. The lowest BCUT2D eigenvalue weighted by Gasteiger charge is -2.36.